The molecule has 1 saturated carbocycles. The van der Waals surface area contributed by atoms with Crippen molar-refractivity contribution >= 4 is 17.7 Å². The van der Waals surface area contributed by atoms with Crippen LogP contribution in [-0.2, 0) is 24.4 Å². The molecule has 23 heavy (non-hydrogen) atoms. The molecule has 1 atom stereocenters. The average molecular weight is 337 g/mol. The first-order chi connectivity index (χ1) is 11.2. The van der Waals surface area contributed by atoms with E-state index >= 15 is 0 Å². The molecule has 3 rings (SSSR count). The summed E-state index contributed by atoms with van der Waals surface area (Å²) in [6, 6.07) is 2.16. The molecule has 0 spiro atoms. The Morgan fingerprint density at radius 3 is 3.00 bits per heavy atom. The van der Waals surface area contributed by atoms with Crippen molar-refractivity contribution in [1.29, 1.82) is 0 Å². The summed E-state index contributed by atoms with van der Waals surface area (Å²) in [5.41, 5.74) is 2.27. The lowest BCUT2D eigenvalue weighted by molar-refractivity contribution is -0.127. The fraction of sp³-hybridized carbons (Fsp3) is 0.765. The molecule has 0 bridgehead atoms. The minimum absolute atomic E-state index is 0.204. The van der Waals surface area contributed by atoms with Crippen LogP contribution in [0.2, 0.25) is 0 Å². The number of hydrogen-bond acceptors (Lipinski definition) is 4. The van der Waals surface area contributed by atoms with E-state index in [1.54, 1.807) is 0 Å². The van der Waals surface area contributed by atoms with Gasteiger partial charge in [0.05, 0.1) is 24.5 Å². The minimum atomic E-state index is 0.204. The van der Waals surface area contributed by atoms with Crippen LogP contribution in [0.4, 0.5) is 0 Å². The highest BCUT2D eigenvalue weighted by Gasteiger charge is 2.25. The summed E-state index contributed by atoms with van der Waals surface area (Å²) in [6.45, 7) is 7.02. The maximum Gasteiger partial charge on any atom is 0.223 e. The van der Waals surface area contributed by atoms with E-state index in [1.165, 1.54) is 18.5 Å². The molecule has 1 aliphatic carbocycles. The smallest absolute Gasteiger partial charge is 0.223 e. The average Bonchev–Trinajstić information content (AvgIpc) is 2.91. The second-order valence-corrected chi connectivity index (χ2v) is 8.08. The Bertz CT molecular complexity index is 541. The fourth-order valence-corrected chi connectivity index (χ4v) is 3.47. The van der Waals surface area contributed by atoms with Gasteiger partial charge in [-0.2, -0.15) is 16.9 Å². The Morgan fingerprint density at radius 1 is 1.48 bits per heavy atom. The van der Waals surface area contributed by atoms with Crippen LogP contribution < -0.4 is 5.32 Å². The summed E-state index contributed by atoms with van der Waals surface area (Å²) >= 11 is 1.94. The van der Waals surface area contributed by atoms with Crippen LogP contribution in [0, 0.1) is 5.92 Å². The topological polar surface area (TPSA) is 50.2 Å². The van der Waals surface area contributed by atoms with Gasteiger partial charge in [0.2, 0.25) is 5.91 Å². The van der Waals surface area contributed by atoms with Gasteiger partial charge < -0.3 is 5.32 Å². The quantitative estimate of drug-likeness (QED) is 0.830. The normalized spacial score (nSPS) is 19.9. The van der Waals surface area contributed by atoms with Gasteiger partial charge in [-0.15, -0.1) is 0 Å². The SMILES string of the molecule is CS[C@@H](C)CCN1CCn2nc(CNC(=O)C3CCC3)cc2C1. The van der Waals surface area contributed by atoms with Gasteiger partial charge in [-0.25, -0.2) is 0 Å². The van der Waals surface area contributed by atoms with Crippen LogP contribution in [0.15, 0.2) is 6.07 Å². The number of hydrogen-bond donors (Lipinski definition) is 1. The van der Waals surface area contributed by atoms with Gasteiger partial charge in [0.1, 0.15) is 0 Å². The van der Waals surface area contributed by atoms with Gasteiger partial charge in [0.25, 0.3) is 0 Å². The van der Waals surface area contributed by atoms with E-state index in [4.69, 9.17) is 0 Å². The lowest BCUT2D eigenvalue weighted by atomic mass is 9.85. The predicted octanol–water partition coefficient (Wildman–Crippen LogP) is 2.26. The highest BCUT2D eigenvalue weighted by Crippen LogP contribution is 2.26. The third-order valence-electron chi connectivity index (χ3n) is 5.10. The maximum atomic E-state index is 11.9. The highest BCUT2D eigenvalue weighted by molar-refractivity contribution is 7.99. The molecule has 2 aliphatic rings. The number of rotatable bonds is 7. The van der Waals surface area contributed by atoms with Crippen LogP contribution in [0.25, 0.3) is 0 Å². The molecule has 0 saturated heterocycles. The zero-order chi connectivity index (χ0) is 16.2. The molecule has 5 nitrogen and oxygen atoms in total. The zero-order valence-corrected chi connectivity index (χ0v) is 15.1. The Hall–Kier alpha value is -1.01. The lowest BCUT2D eigenvalue weighted by Crippen LogP contribution is -2.35. The van der Waals surface area contributed by atoms with E-state index in [0.717, 1.165) is 50.0 Å². The largest absolute Gasteiger partial charge is 0.350 e. The monoisotopic (exact) mass is 336 g/mol. The van der Waals surface area contributed by atoms with Crippen molar-refractivity contribution in [1.82, 2.24) is 20.0 Å². The fourth-order valence-electron chi connectivity index (χ4n) is 3.13. The number of amides is 1. The molecule has 128 valence electrons. The van der Waals surface area contributed by atoms with Gasteiger partial charge in [0, 0.05) is 24.3 Å². The number of fused-ring (bicyclic) bond motifs is 1. The second-order valence-electron chi connectivity index (χ2n) is 6.81. The first kappa shape index (κ1) is 16.8. The minimum Gasteiger partial charge on any atom is -0.350 e. The van der Waals surface area contributed by atoms with Crippen LogP contribution in [0.5, 0.6) is 0 Å². The number of aromatic nitrogens is 2. The van der Waals surface area contributed by atoms with E-state index in [-0.39, 0.29) is 11.8 Å². The summed E-state index contributed by atoms with van der Waals surface area (Å²) in [5, 5.41) is 8.40. The molecule has 1 aromatic rings. The number of nitrogens with zero attached hydrogens (tertiary/aromatic N) is 3. The summed E-state index contributed by atoms with van der Waals surface area (Å²) in [7, 11) is 0. The molecular formula is C17H28N4OS. The number of thioether (sulfide) groups is 1. The number of carbonyl (C=O) groups excluding carboxylic acids is 1. The Labute approximate surface area is 143 Å². The summed E-state index contributed by atoms with van der Waals surface area (Å²) in [5.74, 6) is 0.455. The summed E-state index contributed by atoms with van der Waals surface area (Å²) in [6.07, 6.45) is 6.71. The predicted molar refractivity (Wildman–Crippen MR) is 94.3 cm³/mol. The molecule has 1 N–H and O–H groups in total. The molecule has 6 heteroatoms. The molecule has 0 radical (unpaired) electrons. The van der Waals surface area contributed by atoms with Crippen LogP contribution in [-0.4, -0.2) is 45.2 Å². The molecule has 1 aromatic heterocycles. The first-order valence-corrected chi connectivity index (χ1v) is 10.0. The van der Waals surface area contributed by atoms with Crippen molar-refractivity contribution in [2.45, 2.75) is 57.5 Å². The van der Waals surface area contributed by atoms with Crippen molar-refractivity contribution in [2.24, 2.45) is 5.92 Å². The maximum absolute atomic E-state index is 11.9. The molecule has 1 amide bonds. The second kappa shape index (κ2) is 7.71. The van der Waals surface area contributed by atoms with E-state index in [0.29, 0.717) is 6.54 Å². The molecule has 2 heterocycles. The molecule has 1 aliphatic heterocycles. The molecular weight excluding hydrogens is 308 g/mol. The molecule has 0 unspecified atom stereocenters. The van der Waals surface area contributed by atoms with E-state index in [2.05, 4.69) is 39.2 Å². The highest BCUT2D eigenvalue weighted by atomic mass is 32.2. The van der Waals surface area contributed by atoms with Gasteiger partial charge in [0.15, 0.2) is 0 Å². The van der Waals surface area contributed by atoms with Crippen LogP contribution >= 0.6 is 11.8 Å². The van der Waals surface area contributed by atoms with Crippen LogP contribution in [0.3, 0.4) is 0 Å². The molecule has 1 fully saturated rings. The van der Waals surface area contributed by atoms with Gasteiger partial charge in [-0.3, -0.25) is 14.4 Å². The van der Waals surface area contributed by atoms with Crippen molar-refractivity contribution < 1.29 is 4.79 Å². The number of carbonyl (C=O) groups is 1. The van der Waals surface area contributed by atoms with Gasteiger partial charge in [-0.05, 0) is 38.1 Å². The van der Waals surface area contributed by atoms with E-state index < -0.39 is 0 Å². The first-order valence-electron chi connectivity index (χ1n) is 8.74. The van der Waals surface area contributed by atoms with Crippen molar-refractivity contribution in [3.8, 4) is 0 Å². The summed E-state index contributed by atoms with van der Waals surface area (Å²) < 4.78 is 2.11. The van der Waals surface area contributed by atoms with Crippen molar-refractivity contribution in [3.63, 3.8) is 0 Å². The lowest BCUT2D eigenvalue weighted by Gasteiger charge is -2.28. The third-order valence-corrected chi connectivity index (χ3v) is 6.14. The molecule has 0 aromatic carbocycles. The zero-order valence-electron chi connectivity index (χ0n) is 14.3. The number of nitrogens with one attached hydrogen (secondary N) is 1. The van der Waals surface area contributed by atoms with Gasteiger partial charge >= 0.3 is 0 Å². The third kappa shape index (κ3) is 4.29. The Balaban J connectivity index is 1.48. The van der Waals surface area contributed by atoms with Crippen molar-refractivity contribution in [3.05, 3.63) is 17.5 Å². The summed E-state index contributed by atoms with van der Waals surface area (Å²) in [4.78, 5) is 14.4. The Morgan fingerprint density at radius 2 is 2.30 bits per heavy atom. The van der Waals surface area contributed by atoms with E-state index in [1.807, 2.05) is 11.8 Å². The Kier molecular flexibility index (Phi) is 5.64. The van der Waals surface area contributed by atoms with Crippen LogP contribution in [0.1, 0.15) is 44.0 Å². The van der Waals surface area contributed by atoms with E-state index in [9.17, 15) is 4.79 Å². The van der Waals surface area contributed by atoms with Crippen molar-refractivity contribution in [2.75, 3.05) is 19.3 Å². The van der Waals surface area contributed by atoms with Gasteiger partial charge in [-0.1, -0.05) is 13.3 Å². The standard InChI is InChI=1S/C17H28N4OS/c1-13(23-2)6-7-20-8-9-21-16(12-20)10-15(19-21)11-18-17(22)14-4-3-5-14/h10,13-14H,3-9,11-12H2,1-2H3,(H,18,22)/t13-/m0/s1.